The molecule has 19 heavy (non-hydrogen) atoms. The number of nitrogens with zero attached hydrogens (tertiary/aromatic N) is 2. The smallest absolute Gasteiger partial charge is 0.137 e. The van der Waals surface area contributed by atoms with Crippen molar-refractivity contribution in [3.8, 4) is 11.3 Å². The summed E-state index contributed by atoms with van der Waals surface area (Å²) in [4.78, 5) is 4.42. The van der Waals surface area contributed by atoms with Crippen molar-refractivity contribution in [1.82, 2.24) is 9.38 Å². The van der Waals surface area contributed by atoms with Crippen LogP contribution < -0.4 is 0 Å². The maximum Gasteiger partial charge on any atom is 0.137 e. The zero-order valence-corrected chi connectivity index (χ0v) is 12.2. The number of aryl methyl sites for hydroxylation is 2. The second-order valence-electron chi connectivity index (χ2n) is 4.64. The van der Waals surface area contributed by atoms with Crippen molar-refractivity contribution in [2.45, 2.75) is 13.8 Å². The Morgan fingerprint density at radius 2 is 1.95 bits per heavy atom. The Morgan fingerprint density at radius 3 is 2.68 bits per heavy atom. The summed E-state index contributed by atoms with van der Waals surface area (Å²) in [5.74, 6) is -0.259. The molecule has 0 bridgehead atoms. The zero-order chi connectivity index (χ0) is 13.6. The van der Waals surface area contributed by atoms with Crippen LogP contribution in [-0.2, 0) is 0 Å². The van der Waals surface area contributed by atoms with Gasteiger partial charge in [-0.05, 0) is 65.7 Å². The second-order valence-corrected chi connectivity index (χ2v) is 5.49. The minimum atomic E-state index is -0.259. The number of hydrogen-bond acceptors (Lipinski definition) is 1. The van der Waals surface area contributed by atoms with Crippen molar-refractivity contribution in [2.24, 2.45) is 0 Å². The van der Waals surface area contributed by atoms with Crippen LogP contribution in [0.1, 0.15) is 11.3 Å². The molecule has 0 fully saturated rings. The number of pyridine rings is 1. The Bertz CT molecular complexity index is 777. The average molecular weight is 319 g/mol. The molecule has 0 saturated heterocycles. The zero-order valence-electron chi connectivity index (χ0n) is 10.6. The van der Waals surface area contributed by atoms with Gasteiger partial charge in [-0.25, -0.2) is 9.37 Å². The molecule has 0 atom stereocenters. The van der Waals surface area contributed by atoms with Gasteiger partial charge in [-0.1, -0.05) is 0 Å². The third-order valence-electron chi connectivity index (χ3n) is 3.15. The average Bonchev–Trinajstić information content (AvgIpc) is 2.76. The summed E-state index contributed by atoms with van der Waals surface area (Å²) in [6.45, 7) is 4.10. The number of hydrogen-bond donors (Lipinski definition) is 0. The molecule has 4 heteroatoms. The largest absolute Gasteiger partial charge is 0.297 e. The van der Waals surface area contributed by atoms with E-state index in [0.717, 1.165) is 22.6 Å². The molecule has 3 aromatic rings. The van der Waals surface area contributed by atoms with Crippen LogP contribution in [0.2, 0.25) is 0 Å². The molecule has 0 amide bonds. The molecule has 0 N–H and O–H groups in total. The van der Waals surface area contributed by atoms with E-state index in [4.69, 9.17) is 0 Å². The van der Waals surface area contributed by atoms with E-state index in [-0.39, 0.29) is 5.82 Å². The predicted molar refractivity (Wildman–Crippen MR) is 77.8 cm³/mol. The lowest BCUT2D eigenvalue weighted by Crippen LogP contribution is -1.95. The van der Waals surface area contributed by atoms with E-state index in [2.05, 4.69) is 38.3 Å². The first-order valence-electron chi connectivity index (χ1n) is 5.96. The van der Waals surface area contributed by atoms with Gasteiger partial charge in [0.2, 0.25) is 0 Å². The fourth-order valence-corrected chi connectivity index (χ4v) is 2.72. The van der Waals surface area contributed by atoms with Crippen LogP contribution in [0.25, 0.3) is 16.9 Å². The van der Waals surface area contributed by atoms with E-state index in [1.165, 1.54) is 11.6 Å². The highest BCUT2D eigenvalue weighted by atomic mass is 79.9. The minimum Gasteiger partial charge on any atom is -0.297 e. The molecule has 0 spiro atoms. The van der Waals surface area contributed by atoms with Crippen molar-refractivity contribution >= 4 is 21.6 Å². The number of fused-ring (bicyclic) bond motifs is 1. The van der Waals surface area contributed by atoms with Gasteiger partial charge in [0.1, 0.15) is 11.5 Å². The molecule has 2 aromatic heterocycles. The Morgan fingerprint density at radius 1 is 1.16 bits per heavy atom. The normalized spacial score (nSPS) is 11.2. The lowest BCUT2D eigenvalue weighted by Gasteiger charge is -2.07. The number of halogens is 2. The van der Waals surface area contributed by atoms with E-state index >= 15 is 0 Å². The van der Waals surface area contributed by atoms with E-state index in [0.29, 0.717) is 4.47 Å². The van der Waals surface area contributed by atoms with Gasteiger partial charge in [0.25, 0.3) is 0 Å². The van der Waals surface area contributed by atoms with Crippen molar-refractivity contribution in [1.29, 1.82) is 0 Å². The summed E-state index contributed by atoms with van der Waals surface area (Å²) in [5.41, 5.74) is 5.11. The maximum absolute atomic E-state index is 13.3. The molecule has 0 aliphatic heterocycles. The molecule has 0 aliphatic carbocycles. The fourth-order valence-electron chi connectivity index (χ4n) is 2.34. The summed E-state index contributed by atoms with van der Waals surface area (Å²) in [5, 5.41) is 0. The van der Waals surface area contributed by atoms with Gasteiger partial charge in [0.15, 0.2) is 0 Å². The Kier molecular flexibility index (Phi) is 2.90. The van der Waals surface area contributed by atoms with Crippen LogP contribution in [0.3, 0.4) is 0 Å². The first kappa shape index (κ1) is 12.4. The summed E-state index contributed by atoms with van der Waals surface area (Å²) in [6.07, 6.45) is 1.82. The molecule has 0 unspecified atom stereocenters. The number of rotatable bonds is 1. The van der Waals surface area contributed by atoms with Crippen molar-refractivity contribution in [3.05, 3.63) is 58.1 Å². The summed E-state index contributed by atoms with van der Waals surface area (Å²) < 4.78 is 15.9. The highest BCUT2D eigenvalue weighted by Crippen LogP contribution is 2.27. The highest BCUT2D eigenvalue weighted by Gasteiger charge is 2.10. The second kappa shape index (κ2) is 4.46. The quantitative estimate of drug-likeness (QED) is 0.644. The third kappa shape index (κ3) is 2.06. The summed E-state index contributed by atoms with van der Waals surface area (Å²) >= 11 is 3.22. The minimum absolute atomic E-state index is 0.259. The van der Waals surface area contributed by atoms with Gasteiger partial charge in [-0.2, -0.15) is 0 Å². The van der Waals surface area contributed by atoms with Crippen molar-refractivity contribution in [3.63, 3.8) is 0 Å². The standard InChI is InChI=1S/C15H12BrFN2/c1-9-5-10(2)19-14(8-18-15(19)6-9)11-3-4-13(17)12(16)7-11/h3-8H,1-2H3. The molecule has 0 saturated carbocycles. The Labute approximate surface area is 119 Å². The molecule has 96 valence electrons. The van der Waals surface area contributed by atoms with E-state index in [1.54, 1.807) is 12.1 Å². The van der Waals surface area contributed by atoms with E-state index < -0.39 is 0 Å². The van der Waals surface area contributed by atoms with Gasteiger partial charge >= 0.3 is 0 Å². The summed E-state index contributed by atoms with van der Waals surface area (Å²) in [7, 11) is 0. The predicted octanol–water partition coefficient (Wildman–Crippen LogP) is 4.52. The molecule has 0 aliphatic rings. The molecular weight excluding hydrogens is 307 g/mol. The van der Waals surface area contributed by atoms with Crippen LogP contribution in [0, 0.1) is 19.7 Å². The van der Waals surface area contributed by atoms with Crippen LogP contribution >= 0.6 is 15.9 Å². The van der Waals surface area contributed by atoms with Gasteiger partial charge in [-0.15, -0.1) is 0 Å². The monoisotopic (exact) mass is 318 g/mol. The lowest BCUT2D eigenvalue weighted by molar-refractivity contribution is 0.621. The van der Waals surface area contributed by atoms with Crippen LogP contribution in [0.15, 0.2) is 41.0 Å². The third-order valence-corrected chi connectivity index (χ3v) is 3.76. The van der Waals surface area contributed by atoms with Crippen LogP contribution in [0.4, 0.5) is 4.39 Å². The molecule has 3 rings (SSSR count). The molecule has 2 nitrogen and oxygen atoms in total. The number of benzene rings is 1. The van der Waals surface area contributed by atoms with E-state index in [9.17, 15) is 4.39 Å². The fraction of sp³-hybridized carbons (Fsp3) is 0.133. The highest BCUT2D eigenvalue weighted by molar-refractivity contribution is 9.10. The molecule has 2 heterocycles. The molecule has 0 radical (unpaired) electrons. The lowest BCUT2D eigenvalue weighted by atomic mass is 10.1. The van der Waals surface area contributed by atoms with Gasteiger partial charge < -0.3 is 0 Å². The number of aromatic nitrogens is 2. The van der Waals surface area contributed by atoms with Crippen molar-refractivity contribution in [2.75, 3.05) is 0 Å². The van der Waals surface area contributed by atoms with Gasteiger partial charge in [0.05, 0.1) is 16.4 Å². The number of imidazole rings is 1. The SMILES string of the molecule is Cc1cc(C)n2c(-c3ccc(F)c(Br)c3)cnc2c1. The Hall–Kier alpha value is -1.68. The van der Waals surface area contributed by atoms with E-state index in [1.807, 2.05) is 19.2 Å². The Balaban J connectivity index is 2.28. The van der Waals surface area contributed by atoms with Crippen LogP contribution in [-0.4, -0.2) is 9.38 Å². The van der Waals surface area contributed by atoms with Crippen LogP contribution in [0.5, 0.6) is 0 Å². The van der Waals surface area contributed by atoms with Gasteiger partial charge in [-0.3, -0.25) is 4.40 Å². The first-order chi connectivity index (χ1) is 9.06. The topological polar surface area (TPSA) is 17.3 Å². The molecular formula is C15H12BrFN2. The maximum atomic E-state index is 13.3. The first-order valence-corrected chi connectivity index (χ1v) is 6.75. The summed E-state index contributed by atoms with van der Waals surface area (Å²) in [6, 6.07) is 9.15. The van der Waals surface area contributed by atoms with Crippen molar-refractivity contribution < 1.29 is 4.39 Å². The molecule has 1 aromatic carbocycles. The van der Waals surface area contributed by atoms with Gasteiger partial charge in [0, 0.05) is 11.3 Å².